The molecule has 6 heteroatoms. The van der Waals surface area contributed by atoms with Crippen molar-refractivity contribution in [1.29, 1.82) is 0 Å². The molecule has 0 saturated carbocycles. The summed E-state index contributed by atoms with van der Waals surface area (Å²) in [6.45, 7) is 0. The minimum absolute atomic E-state index is 0.115. The number of carboxylic acid groups (broad SMARTS) is 1. The van der Waals surface area contributed by atoms with Crippen molar-refractivity contribution in [3.05, 3.63) is 70.7 Å². The minimum atomic E-state index is -1.15. The van der Waals surface area contributed by atoms with Gasteiger partial charge in [-0.15, -0.1) is 0 Å². The Morgan fingerprint density at radius 2 is 1.77 bits per heavy atom. The van der Waals surface area contributed by atoms with Crippen molar-refractivity contribution >= 4 is 29.2 Å². The Morgan fingerprint density at radius 1 is 1.08 bits per heavy atom. The van der Waals surface area contributed by atoms with Crippen LogP contribution in [0.2, 0.25) is 5.02 Å². The molecular formula is C20H18ClN2O3-. The second-order valence-corrected chi connectivity index (χ2v) is 6.58. The molecule has 0 bridgehead atoms. The van der Waals surface area contributed by atoms with Gasteiger partial charge in [0, 0.05) is 23.8 Å². The first-order chi connectivity index (χ1) is 12.5. The fourth-order valence-corrected chi connectivity index (χ4v) is 3.11. The molecule has 134 valence electrons. The number of hydrazone groups is 1. The average Bonchev–Trinajstić information content (AvgIpc) is 3.08. The zero-order chi connectivity index (χ0) is 18.5. The maximum atomic E-state index is 12.6. The zero-order valence-corrected chi connectivity index (χ0v) is 14.9. The fraction of sp³-hybridized carbons (Fsp3) is 0.250. The highest BCUT2D eigenvalue weighted by atomic mass is 35.5. The van der Waals surface area contributed by atoms with Crippen LogP contribution in [0.4, 0.5) is 0 Å². The van der Waals surface area contributed by atoms with E-state index in [1.807, 2.05) is 42.5 Å². The van der Waals surface area contributed by atoms with Crippen LogP contribution in [0.1, 0.15) is 42.9 Å². The number of hydrogen-bond donors (Lipinski definition) is 0. The van der Waals surface area contributed by atoms with E-state index < -0.39 is 5.97 Å². The van der Waals surface area contributed by atoms with Crippen molar-refractivity contribution in [3.8, 4) is 0 Å². The molecule has 1 aliphatic heterocycles. The van der Waals surface area contributed by atoms with Crippen LogP contribution in [-0.4, -0.2) is 22.6 Å². The number of carbonyl (C=O) groups excluding carboxylic acids is 2. The number of nitrogens with zero attached hydrogens (tertiary/aromatic N) is 2. The van der Waals surface area contributed by atoms with E-state index in [4.69, 9.17) is 11.6 Å². The van der Waals surface area contributed by atoms with E-state index in [9.17, 15) is 14.7 Å². The second kappa shape index (κ2) is 8.15. The number of benzene rings is 2. The van der Waals surface area contributed by atoms with Gasteiger partial charge in [-0.3, -0.25) is 4.79 Å². The quantitative estimate of drug-likeness (QED) is 0.785. The molecule has 1 amide bonds. The maximum Gasteiger partial charge on any atom is 0.243 e. The van der Waals surface area contributed by atoms with Gasteiger partial charge in [-0.1, -0.05) is 54.1 Å². The topological polar surface area (TPSA) is 72.8 Å². The molecule has 0 fully saturated rings. The van der Waals surface area contributed by atoms with Gasteiger partial charge in [0.2, 0.25) is 5.91 Å². The summed E-state index contributed by atoms with van der Waals surface area (Å²) in [5.74, 6) is -1.35. The van der Waals surface area contributed by atoms with Crippen molar-refractivity contribution in [3.63, 3.8) is 0 Å². The standard InChI is InChI=1S/C20H19ClN2O3/c21-16-11-9-15(10-12-16)18-13-17(14-5-2-1-3-6-14)22-23(18)19(24)7-4-8-20(25)26/h1-3,5-6,9-12,18H,4,7-8,13H2,(H,25,26)/p-1/t18-/m0/s1. The molecule has 3 rings (SSSR count). The lowest BCUT2D eigenvalue weighted by atomic mass is 9.98. The first kappa shape index (κ1) is 18.1. The number of carbonyl (C=O) groups is 2. The van der Waals surface area contributed by atoms with E-state index in [1.54, 1.807) is 12.1 Å². The molecule has 2 aromatic rings. The molecule has 0 N–H and O–H groups in total. The Kier molecular flexibility index (Phi) is 5.68. The number of hydrogen-bond acceptors (Lipinski definition) is 4. The molecule has 0 radical (unpaired) electrons. The number of amides is 1. The number of rotatable bonds is 6. The SMILES string of the molecule is O=C([O-])CCCC(=O)N1N=C(c2ccccc2)C[C@H]1c1ccc(Cl)cc1. The van der Waals surface area contributed by atoms with E-state index in [0.29, 0.717) is 11.4 Å². The molecule has 0 aromatic heterocycles. The van der Waals surface area contributed by atoms with Crippen molar-refractivity contribution in [1.82, 2.24) is 5.01 Å². The Labute approximate surface area is 156 Å². The molecule has 26 heavy (non-hydrogen) atoms. The van der Waals surface area contributed by atoms with Crippen molar-refractivity contribution in [2.24, 2.45) is 5.10 Å². The molecule has 0 spiro atoms. The first-order valence-electron chi connectivity index (χ1n) is 8.45. The predicted octanol–water partition coefficient (Wildman–Crippen LogP) is 2.94. The monoisotopic (exact) mass is 369 g/mol. The van der Waals surface area contributed by atoms with Crippen LogP contribution in [0.3, 0.4) is 0 Å². The minimum Gasteiger partial charge on any atom is -0.550 e. The summed E-state index contributed by atoms with van der Waals surface area (Å²) in [5, 5.41) is 17.2. The van der Waals surface area contributed by atoms with Gasteiger partial charge >= 0.3 is 0 Å². The van der Waals surface area contributed by atoms with E-state index in [1.165, 1.54) is 5.01 Å². The highest BCUT2D eigenvalue weighted by Crippen LogP contribution is 2.33. The van der Waals surface area contributed by atoms with E-state index in [0.717, 1.165) is 16.8 Å². The first-order valence-corrected chi connectivity index (χ1v) is 8.82. The lowest BCUT2D eigenvalue weighted by Crippen LogP contribution is -2.28. The van der Waals surface area contributed by atoms with E-state index in [2.05, 4.69) is 5.10 Å². The van der Waals surface area contributed by atoms with Gasteiger partial charge < -0.3 is 9.90 Å². The second-order valence-electron chi connectivity index (χ2n) is 6.15. The average molecular weight is 370 g/mol. The third-order valence-corrected chi connectivity index (χ3v) is 4.55. The van der Waals surface area contributed by atoms with Crippen LogP contribution in [-0.2, 0) is 9.59 Å². The summed E-state index contributed by atoms with van der Waals surface area (Å²) in [6.07, 6.45) is 0.809. The molecule has 1 atom stereocenters. The number of carboxylic acids is 1. The molecule has 0 aliphatic carbocycles. The van der Waals surface area contributed by atoms with Gasteiger partial charge in [-0.2, -0.15) is 5.10 Å². The van der Waals surface area contributed by atoms with E-state index >= 15 is 0 Å². The van der Waals surface area contributed by atoms with Crippen LogP contribution in [0.5, 0.6) is 0 Å². The van der Waals surface area contributed by atoms with Gasteiger partial charge in [0.1, 0.15) is 0 Å². The molecule has 2 aromatic carbocycles. The third kappa shape index (κ3) is 4.29. The Hall–Kier alpha value is -2.66. The van der Waals surface area contributed by atoms with Crippen LogP contribution in [0.15, 0.2) is 59.7 Å². The highest BCUT2D eigenvalue weighted by Gasteiger charge is 2.32. The smallest absolute Gasteiger partial charge is 0.243 e. The molecular weight excluding hydrogens is 352 g/mol. The Balaban J connectivity index is 1.83. The largest absolute Gasteiger partial charge is 0.550 e. The van der Waals surface area contributed by atoms with Gasteiger partial charge in [0.05, 0.1) is 11.8 Å². The zero-order valence-electron chi connectivity index (χ0n) is 14.1. The maximum absolute atomic E-state index is 12.6. The highest BCUT2D eigenvalue weighted by molar-refractivity contribution is 6.30. The van der Waals surface area contributed by atoms with Crippen LogP contribution < -0.4 is 5.11 Å². The number of halogens is 1. The molecule has 1 heterocycles. The van der Waals surface area contributed by atoms with Gasteiger partial charge in [-0.05, 0) is 36.1 Å². The van der Waals surface area contributed by atoms with Crippen LogP contribution >= 0.6 is 11.6 Å². The van der Waals surface area contributed by atoms with Crippen molar-refractivity contribution in [2.45, 2.75) is 31.7 Å². The van der Waals surface area contributed by atoms with Crippen molar-refractivity contribution in [2.75, 3.05) is 0 Å². The normalized spacial score (nSPS) is 16.4. The predicted molar refractivity (Wildman–Crippen MR) is 97.5 cm³/mol. The number of aliphatic carboxylic acids is 1. The van der Waals surface area contributed by atoms with Crippen molar-refractivity contribution < 1.29 is 14.7 Å². The summed E-state index contributed by atoms with van der Waals surface area (Å²) >= 11 is 5.97. The van der Waals surface area contributed by atoms with Crippen LogP contribution in [0, 0.1) is 0 Å². The summed E-state index contributed by atoms with van der Waals surface area (Å²) in [6, 6.07) is 16.8. The van der Waals surface area contributed by atoms with E-state index in [-0.39, 0.29) is 31.2 Å². The molecule has 0 unspecified atom stereocenters. The summed E-state index contributed by atoms with van der Waals surface area (Å²) < 4.78 is 0. The van der Waals surface area contributed by atoms with Gasteiger partial charge in [-0.25, -0.2) is 5.01 Å². The molecule has 1 aliphatic rings. The molecule has 5 nitrogen and oxygen atoms in total. The summed E-state index contributed by atoms with van der Waals surface area (Å²) in [5.41, 5.74) is 2.74. The Bertz CT molecular complexity index is 819. The summed E-state index contributed by atoms with van der Waals surface area (Å²) in [4.78, 5) is 23.2. The van der Waals surface area contributed by atoms with Gasteiger partial charge in [0.15, 0.2) is 0 Å². The third-order valence-electron chi connectivity index (χ3n) is 4.30. The molecule has 0 saturated heterocycles. The Morgan fingerprint density at radius 3 is 2.42 bits per heavy atom. The summed E-state index contributed by atoms with van der Waals surface area (Å²) in [7, 11) is 0. The lowest BCUT2D eigenvalue weighted by Gasteiger charge is -2.22. The van der Waals surface area contributed by atoms with Crippen LogP contribution in [0.25, 0.3) is 0 Å². The lowest BCUT2D eigenvalue weighted by molar-refractivity contribution is -0.305. The fourth-order valence-electron chi connectivity index (χ4n) is 2.99. The van der Waals surface area contributed by atoms with Gasteiger partial charge in [0.25, 0.3) is 0 Å².